The molecule has 1 rings (SSSR count). The van der Waals surface area contributed by atoms with E-state index < -0.39 is 0 Å². The first kappa shape index (κ1) is 19.4. The van der Waals surface area contributed by atoms with Gasteiger partial charge in [0, 0.05) is 12.6 Å². The average molecular weight is 340 g/mol. The lowest BCUT2D eigenvalue weighted by Gasteiger charge is -2.15. The summed E-state index contributed by atoms with van der Waals surface area (Å²) < 4.78 is 11.0. The van der Waals surface area contributed by atoms with E-state index in [-0.39, 0.29) is 12.0 Å². The molecule has 4 nitrogen and oxygen atoms in total. The lowest BCUT2D eigenvalue weighted by molar-refractivity contribution is -0.116. The molecule has 23 heavy (non-hydrogen) atoms. The molecule has 1 aromatic rings. The number of rotatable bonds is 9. The van der Waals surface area contributed by atoms with Gasteiger partial charge >= 0.3 is 0 Å². The molecule has 0 heterocycles. The van der Waals surface area contributed by atoms with Crippen LogP contribution in [0.15, 0.2) is 18.2 Å². The van der Waals surface area contributed by atoms with Crippen LogP contribution >= 0.6 is 11.6 Å². The molecule has 0 aliphatic carbocycles. The Balaban J connectivity index is 2.75. The minimum absolute atomic E-state index is 0.00306. The highest BCUT2D eigenvalue weighted by molar-refractivity contribution is 6.32. The van der Waals surface area contributed by atoms with Gasteiger partial charge in [-0.05, 0) is 44.0 Å². The summed E-state index contributed by atoms with van der Waals surface area (Å²) in [5, 5.41) is 3.31. The number of hydrogen-bond acceptors (Lipinski definition) is 3. The second-order valence-electron chi connectivity index (χ2n) is 5.53. The molecule has 0 spiro atoms. The first-order chi connectivity index (χ1) is 11.0. The number of nitrogens with one attached hydrogen (secondary N) is 1. The van der Waals surface area contributed by atoms with Gasteiger partial charge in [-0.25, -0.2) is 0 Å². The molecule has 0 saturated heterocycles. The van der Waals surface area contributed by atoms with Crippen LogP contribution in [-0.4, -0.2) is 25.7 Å². The van der Waals surface area contributed by atoms with Crippen LogP contribution in [0.3, 0.4) is 0 Å². The number of amides is 1. The van der Waals surface area contributed by atoms with E-state index in [1.807, 2.05) is 13.8 Å². The maximum atomic E-state index is 11.7. The smallest absolute Gasteiger partial charge is 0.243 e. The van der Waals surface area contributed by atoms with Gasteiger partial charge in [-0.1, -0.05) is 31.4 Å². The van der Waals surface area contributed by atoms with Crippen molar-refractivity contribution in [1.29, 1.82) is 0 Å². The van der Waals surface area contributed by atoms with E-state index in [1.165, 1.54) is 6.08 Å². The third kappa shape index (κ3) is 6.95. The second-order valence-corrected chi connectivity index (χ2v) is 5.94. The van der Waals surface area contributed by atoms with Gasteiger partial charge in [0.05, 0.1) is 18.2 Å². The first-order valence-electron chi connectivity index (χ1n) is 7.98. The molecule has 128 valence electrons. The lowest BCUT2D eigenvalue weighted by Crippen LogP contribution is -2.21. The Bertz CT molecular complexity index is 541. The molecule has 0 saturated carbocycles. The van der Waals surface area contributed by atoms with Crippen LogP contribution in [-0.2, 0) is 4.79 Å². The van der Waals surface area contributed by atoms with E-state index in [0.29, 0.717) is 23.1 Å². The summed E-state index contributed by atoms with van der Waals surface area (Å²) in [6, 6.07) is 3.55. The fraction of sp³-hybridized carbons (Fsp3) is 0.500. The van der Waals surface area contributed by atoms with Crippen molar-refractivity contribution in [3.8, 4) is 11.5 Å². The molecule has 1 N–H and O–H groups in total. The number of halogens is 1. The number of hydrogen-bond donors (Lipinski definition) is 1. The van der Waals surface area contributed by atoms with Crippen molar-refractivity contribution in [1.82, 2.24) is 5.32 Å². The molecule has 0 aliphatic rings. The molecular weight excluding hydrogens is 314 g/mol. The first-order valence-corrected chi connectivity index (χ1v) is 8.35. The number of carbonyl (C=O) groups is 1. The quantitative estimate of drug-likeness (QED) is 0.534. The van der Waals surface area contributed by atoms with Crippen LogP contribution < -0.4 is 14.8 Å². The maximum absolute atomic E-state index is 11.7. The van der Waals surface area contributed by atoms with E-state index in [1.54, 1.807) is 25.3 Å². The summed E-state index contributed by atoms with van der Waals surface area (Å²) in [7, 11) is 1.56. The zero-order valence-electron chi connectivity index (χ0n) is 14.3. The van der Waals surface area contributed by atoms with Crippen molar-refractivity contribution < 1.29 is 14.3 Å². The third-order valence-corrected chi connectivity index (χ3v) is 3.39. The topological polar surface area (TPSA) is 47.6 Å². The second kappa shape index (κ2) is 10.2. The van der Waals surface area contributed by atoms with Gasteiger partial charge in [0.25, 0.3) is 0 Å². The zero-order valence-corrected chi connectivity index (χ0v) is 15.1. The Morgan fingerprint density at radius 1 is 1.35 bits per heavy atom. The largest absolute Gasteiger partial charge is 0.493 e. The number of carbonyl (C=O) groups excluding carboxylic acids is 1. The molecule has 0 unspecified atom stereocenters. The van der Waals surface area contributed by atoms with Crippen molar-refractivity contribution in [2.45, 2.75) is 46.1 Å². The molecule has 1 aromatic carbocycles. The lowest BCUT2D eigenvalue weighted by atomic mass is 10.1. The predicted octanol–water partition coefficient (Wildman–Crippen LogP) is 4.46. The van der Waals surface area contributed by atoms with Crippen LogP contribution in [0.2, 0.25) is 5.02 Å². The Morgan fingerprint density at radius 2 is 2.09 bits per heavy atom. The van der Waals surface area contributed by atoms with Crippen LogP contribution in [0.5, 0.6) is 11.5 Å². The summed E-state index contributed by atoms with van der Waals surface area (Å²) in [6.45, 7) is 6.67. The van der Waals surface area contributed by atoms with Gasteiger partial charge in [-0.2, -0.15) is 0 Å². The van der Waals surface area contributed by atoms with Crippen molar-refractivity contribution >= 4 is 23.6 Å². The highest BCUT2D eigenvalue weighted by atomic mass is 35.5. The van der Waals surface area contributed by atoms with Crippen LogP contribution in [0.4, 0.5) is 0 Å². The molecule has 0 atom stereocenters. The van der Waals surface area contributed by atoms with Gasteiger partial charge in [-0.3, -0.25) is 4.79 Å². The van der Waals surface area contributed by atoms with Crippen LogP contribution in [0.25, 0.3) is 6.08 Å². The van der Waals surface area contributed by atoms with Gasteiger partial charge in [0.15, 0.2) is 11.5 Å². The fourth-order valence-corrected chi connectivity index (χ4v) is 2.27. The SMILES string of the molecule is CCCCCNC(=O)/C=C/c1cc(Cl)c(OC(C)C)c(OC)c1. The number of ether oxygens (including phenoxy) is 2. The Kier molecular flexibility index (Phi) is 8.56. The normalized spacial score (nSPS) is 11.0. The number of methoxy groups -OCH3 is 1. The van der Waals surface area contributed by atoms with Gasteiger partial charge in [0.2, 0.25) is 5.91 Å². The molecule has 0 bridgehead atoms. The standard InChI is InChI=1S/C18H26ClNO3/c1-5-6-7-10-20-17(21)9-8-14-11-15(19)18(23-13(2)3)16(12-14)22-4/h8-9,11-13H,5-7,10H2,1-4H3,(H,20,21)/b9-8+. The van der Waals surface area contributed by atoms with Crippen molar-refractivity contribution in [2.24, 2.45) is 0 Å². The van der Waals surface area contributed by atoms with Gasteiger partial charge in [-0.15, -0.1) is 0 Å². The molecule has 0 aromatic heterocycles. The Morgan fingerprint density at radius 3 is 2.70 bits per heavy atom. The van der Waals surface area contributed by atoms with Gasteiger partial charge in [0.1, 0.15) is 0 Å². The van der Waals surface area contributed by atoms with Crippen molar-refractivity contribution in [2.75, 3.05) is 13.7 Å². The van der Waals surface area contributed by atoms with Crippen molar-refractivity contribution in [3.63, 3.8) is 0 Å². The highest BCUT2D eigenvalue weighted by Gasteiger charge is 2.12. The van der Waals surface area contributed by atoms with Crippen molar-refractivity contribution in [3.05, 3.63) is 28.8 Å². The van der Waals surface area contributed by atoms with Crippen LogP contribution in [0, 0.1) is 0 Å². The van der Waals surface area contributed by atoms with Crippen LogP contribution in [0.1, 0.15) is 45.6 Å². The third-order valence-electron chi connectivity index (χ3n) is 3.11. The van der Waals surface area contributed by atoms with E-state index in [4.69, 9.17) is 21.1 Å². The van der Waals surface area contributed by atoms with E-state index in [9.17, 15) is 4.79 Å². The molecular formula is C18H26ClNO3. The molecule has 0 aliphatic heterocycles. The zero-order chi connectivity index (χ0) is 17.2. The number of benzene rings is 1. The summed E-state index contributed by atoms with van der Waals surface area (Å²) in [5.74, 6) is 0.957. The summed E-state index contributed by atoms with van der Waals surface area (Å²) in [6.07, 6.45) is 6.46. The number of unbranched alkanes of at least 4 members (excludes halogenated alkanes) is 2. The van der Waals surface area contributed by atoms with E-state index >= 15 is 0 Å². The summed E-state index contributed by atoms with van der Waals surface area (Å²) >= 11 is 6.25. The molecule has 1 amide bonds. The minimum atomic E-state index is -0.112. The Labute approximate surface area is 143 Å². The molecule has 0 radical (unpaired) electrons. The monoisotopic (exact) mass is 339 g/mol. The average Bonchev–Trinajstić information content (AvgIpc) is 2.51. The summed E-state index contributed by atoms with van der Waals surface area (Å²) in [5.41, 5.74) is 0.784. The fourth-order valence-electron chi connectivity index (χ4n) is 2.00. The predicted molar refractivity (Wildman–Crippen MR) is 95.3 cm³/mol. The summed E-state index contributed by atoms with van der Waals surface area (Å²) in [4.78, 5) is 11.7. The molecule has 5 heteroatoms. The molecule has 0 fully saturated rings. The minimum Gasteiger partial charge on any atom is -0.493 e. The Hall–Kier alpha value is -1.68. The van der Waals surface area contributed by atoms with E-state index in [2.05, 4.69) is 12.2 Å². The highest BCUT2D eigenvalue weighted by Crippen LogP contribution is 2.37. The maximum Gasteiger partial charge on any atom is 0.243 e. The van der Waals surface area contributed by atoms with Gasteiger partial charge < -0.3 is 14.8 Å². The van der Waals surface area contributed by atoms with E-state index in [0.717, 1.165) is 24.8 Å².